The van der Waals surface area contributed by atoms with Gasteiger partial charge in [-0.1, -0.05) is 188 Å². The molecule has 0 amide bonds. The fraction of sp³-hybridized carbons (Fsp3) is 0. The van der Waals surface area contributed by atoms with Crippen LogP contribution in [0.15, 0.2) is 224 Å². The van der Waals surface area contributed by atoms with E-state index in [1.807, 2.05) is 18.2 Å². The number of fused-ring (bicyclic) bond motifs is 7. The van der Waals surface area contributed by atoms with Gasteiger partial charge in [0.1, 0.15) is 0 Å². The molecule has 0 aliphatic rings. The van der Waals surface area contributed by atoms with Crippen molar-refractivity contribution in [2.45, 2.75) is 0 Å². The van der Waals surface area contributed by atoms with Crippen LogP contribution in [0.3, 0.4) is 0 Å². The molecule has 0 radical (unpaired) electrons. The van der Waals surface area contributed by atoms with E-state index < -0.39 is 0 Å². The third-order valence-corrected chi connectivity index (χ3v) is 12.2. The summed E-state index contributed by atoms with van der Waals surface area (Å²) < 4.78 is 2.36. The number of rotatable bonds is 6. The number of aromatic nitrogens is 3. The second-order valence-electron chi connectivity index (χ2n) is 15.7. The minimum absolute atomic E-state index is 0.696. The first-order valence-corrected chi connectivity index (χ1v) is 20.8. The van der Waals surface area contributed by atoms with Crippen molar-refractivity contribution in [2.75, 3.05) is 0 Å². The molecule has 61 heavy (non-hydrogen) atoms. The number of benzene rings is 10. The van der Waals surface area contributed by atoms with Gasteiger partial charge in [-0.05, 0) is 91.0 Å². The lowest BCUT2D eigenvalue weighted by molar-refractivity contribution is 1.18. The smallest absolute Gasteiger partial charge is 0.160 e. The highest BCUT2D eigenvalue weighted by atomic mass is 15.0. The van der Waals surface area contributed by atoms with E-state index in [1.54, 1.807) is 0 Å². The molecule has 2 aromatic heterocycles. The molecule has 0 bridgehead atoms. The topological polar surface area (TPSA) is 30.7 Å². The van der Waals surface area contributed by atoms with E-state index in [1.165, 1.54) is 59.7 Å². The molecule has 10 aromatic carbocycles. The first-order valence-electron chi connectivity index (χ1n) is 20.8. The highest BCUT2D eigenvalue weighted by Crippen LogP contribution is 2.43. The molecule has 0 aliphatic heterocycles. The Morgan fingerprint density at radius 3 is 1.56 bits per heavy atom. The summed E-state index contributed by atoms with van der Waals surface area (Å²) in [6, 6.07) is 80.4. The molecule has 3 nitrogen and oxygen atoms in total. The van der Waals surface area contributed by atoms with Gasteiger partial charge >= 0.3 is 0 Å². The molecule has 0 N–H and O–H groups in total. The van der Waals surface area contributed by atoms with Crippen molar-refractivity contribution in [3.63, 3.8) is 0 Å². The second-order valence-corrected chi connectivity index (χ2v) is 15.7. The number of nitrogens with zero attached hydrogens (tertiary/aromatic N) is 3. The van der Waals surface area contributed by atoms with Crippen LogP contribution in [0, 0.1) is 0 Å². The largest absolute Gasteiger partial charge is 0.309 e. The number of hydrogen-bond acceptors (Lipinski definition) is 2. The van der Waals surface area contributed by atoms with Crippen molar-refractivity contribution >= 4 is 54.1 Å². The zero-order chi connectivity index (χ0) is 40.3. The molecule has 3 heteroatoms. The summed E-state index contributed by atoms with van der Waals surface area (Å²) in [5.74, 6) is 0.696. The molecule has 0 saturated heterocycles. The number of hydrogen-bond donors (Lipinski definition) is 0. The van der Waals surface area contributed by atoms with Crippen LogP contribution in [-0.4, -0.2) is 14.5 Å². The highest BCUT2D eigenvalue weighted by Gasteiger charge is 2.19. The Labute approximate surface area is 353 Å². The lowest BCUT2D eigenvalue weighted by Crippen LogP contribution is -1.97. The van der Waals surface area contributed by atoms with Gasteiger partial charge in [0, 0.05) is 33.2 Å². The average molecular weight is 776 g/mol. The maximum Gasteiger partial charge on any atom is 0.160 e. The SMILES string of the molecule is c1ccc(-c2nc(-c3ccc(-c4ccc(-n5c6ccccc6c6ccccc65)cc4)cc3)cc(-c3ccccc3-c3c4ccccc4cc4c3ccc3ccccc34)n2)cc1. The van der Waals surface area contributed by atoms with Gasteiger partial charge in [-0.3, -0.25) is 0 Å². The Morgan fingerprint density at radius 1 is 0.295 bits per heavy atom. The zero-order valence-corrected chi connectivity index (χ0v) is 33.2. The molecular formula is C58H37N3. The summed E-state index contributed by atoms with van der Waals surface area (Å²) >= 11 is 0. The average Bonchev–Trinajstić information content (AvgIpc) is 3.68. The van der Waals surface area contributed by atoms with E-state index in [-0.39, 0.29) is 0 Å². The molecule has 0 atom stereocenters. The Kier molecular flexibility index (Phi) is 8.17. The lowest BCUT2D eigenvalue weighted by Gasteiger charge is -2.17. The minimum Gasteiger partial charge on any atom is -0.309 e. The van der Waals surface area contributed by atoms with E-state index in [2.05, 4.69) is 211 Å². The molecule has 0 unspecified atom stereocenters. The monoisotopic (exact) mass is 775 g/mol. The van der Waals surface area contributed by atoms with Crippen LogP contribution in [0.25, 0.3) is 116 Å². The first kappa shape index (κ1) is 34.9. The van der Waals surface area contributed by atoms with Gasteiger partial charge < -0.3 is 4.57 Å². The Bertz CT molecular complexity index is 3570. The van der Waals surface area contributed by atoms with Gasteiger partial charge in [0.25, 0.3) is 0 Å². The summed E-state index contributed by atoms with van der Waals surface area (Å²) in [5.41, 5.74) is 13.1. The van der Waals surface area contributed by atoms with Crippen LogP contribution in [0.5, 0.6) is 0 Å². The van der Waals surface area contributed by atoms with Crippen molar-refractivity contribution in [1.82, 2.24) is 14.5 Å². The van der Waals surface area contributed by atoms with Crippen molar-refractivity contribution < 1.29 is 0 Å². The molecule has 0 aliphatic carbocycles. The van der Waals surface area contributed by atoms with Crippen LogP contribution < -0.4 is 0 Å². The van der Waals surface area contributed by atoms with Crippen LogP contribution in [0.4, 0.5) is 0 Å². The van der Waals surface area contributed by atoms with Crippen molar-refractivity contribution in [3.8, 4) is 61.8 Å². The fourth-order valence-corrected chi connectivity index (χ4v) is 9.32. The lowest BCUT2D eigenvalue weighted by atomic mass is 9.87. The van der Waals surface area contributed by atoms with Gasteiger partial charge in [0.15, 0.2) is 5.82 Å². The summed E-state index contributed by atoms with van der Waals surface area (Å²) in [7, 11) is 0. The van der Waals surface area contributed by atoms with Gasteiger partial charge in [-0.2, -0.15) is 0 Å². The highest BCUT2D eigenvalue weighted by molar-refractivity contribution is 6.21. The van der Waals surface area contributed by atoms with Crippen LogP contribution in [0.2, 0.25) is 0 Å². The third kappa shape index (κ3) is 5.90. The minimum atomic E-state index is 0.696. The molecule has 12 rings (SSSR count). The third-order valence-electron chi connectivity index (χ3n) is 12.2. The predicted molar refractivity (Wildman–Crippen MR) is 256 cm³/mol. The van der Waals surface area contributed by atoms with E-state index in [9.17, 15) is 0 Å². The van der Waals surface area contributed by atoms with Gasteiger partial charge in [-0.15, -0.1) is 0 Å². The van der Waals surface area contributed by atoms with Crippen molar-refractivity contribution in [1.29, 1.82) is 0 Å². The maximum atomic E-state index is 5.31. The maximum absolute atomic E-state index is 5.31. The van der Waals surface area contributed by atoms with E-state index >= 15 is 0 Å². The first-order chi connectivity index (χ1) is 30.2. The van der Waals surface area contributed by atoms with E-state index in [0.29, 0.717) is 5.82 Å². The van der Waals surface area contributed by atoms with E-state index in [4.69, 9.17) is 9.97 Å². The van der Waals surface area contributed by atoms with Crippen LogP contribution in [-0.2, 0) is 0 Å². The Balaban J connectivity index is 0.968. The molecule has 0 saturated carbocycles. The zero-order valence-electron chi connectivity index (χ0n) is 33.2. The van der Waals surface area contributed by atoms with Crippen LogP contribution in [0.1, 0.15) is 0 Å². The summed E-state index contributed by atoms with van der Waals surface area (Å²) in [6.45, 7) is 0. The molecule has 2 heterocycles. The standard InChI is InChI=1S/C58H37N3/c1-2-15-42(16-3-1)58-59-53(41-28-26-38(27-29-41)39-30-33-44(34-31-39)61-55-24-12-10-21-48(55)49-22-11-13-25-56(49)61)37-54(60-58)47-20-8-9-23-50(47)57-46-19-7-5-17-43(46)36-52-45-18-6-4-14-40(45)32-35-51(52)57/h1-37H. The molecule has 0 spiro atoms. The Hall–Kier alpha value is -8.14. The summed E-state index contributed by atoms with van der Waals surface area (Å²) in [4.78, 5) is 10.5. The molecular weight excluding hydrogens is 739 g/mol. The van der Waals surface area contributed by atoms with Gasteiger partial charge in [0.2, 0.25) is 0 Å². The summed E-state index contributed by atoms with van der Waals surface area (Å²) in [5, 5.41) is 9.92. The molecule has 0 fully saturated rings. The Morgan fingerprint density at radius 2 is 0.836 bits per heavy atom. The molecule has 284 valence electrons. The molecule has 12 aromatic rings. The van der Waals surface area contributed by atoms with E-state index in [0.717, 1.165) is 50.5 Å². The quantitative estimate of drug-likeness (QED) is 0.124. The van der Waals surface area contributed by atoms with Crippen molar-refractivity contribution in [3.05, 3.63) is 224 Å². The normalized spacial score (nSPS) is 11.6. The fourth-order valence-electron chi connectivity index (χ4n) is 9.32. The van der Waals surface area contributed by atoms with Gasteiger partial charge in [-0.25, -0.2) is 9.97 Å². The van der Waals surface area contributed by atoms with Gasteiger partial charge in [0.05, 0.1) is 22.4 Å². The van der Waals surface area contributed by atoms with Crippen LogP contribution >= 0.6 is 0 Å². The van der Waals surface area contributed by atoms with Crippen molar-refractivity contribution in [2.24, 2.45) is 0 Å². The second kappa shape index (κ2) is 14.3. The predicted octanol–water partition coefficient (Wildman–Crippen LogP) is 15.4. The number of para-hydroxylation sites is 2. The summed E-state index contributed by atoms with van der Waals surface area (Å²) in [6.07, 6.45) is 0.